The number of nitrogens with zero attached hydrogens (tertiary/aromatic N) is 2. The molecule has 20 heavy (non-hydrogen) atoms. The summed E-state index contributed by atoms with van der Waals surface area (Å²) in [5, 5.41) is 7.33. The zero-order valence-electron chi connectivity index (χ0n) is 11.4. The summed E-state index contributed by atoms with van der Waals surface area (Å²) in [4.78, 5) is 12.8. The summed E-state index contributed by atoms with van der Waals surface area (Å²) in [6.07, 6.45) is 0.663. The van der Waals surface area contributed by atoms with Crippen LogP contribution in [0.15, 0.2) is 12.1 Å². The summed E-state index contributed by atoms with van der Waals surface area (Å²) in [5.41, 5.74) is 2.13. The van der Waals surface area contributed by atoms with Crippen LogP contribution in [0.1, 0.15) is 27.9 Å². The highest BCUT2D eigenvalue weighted by molar-refractivity contribution is 7.08. The van der Waals surface area contributed by atoms with E-state index in [1.165, 1.54) is 7.11 Å². The molecule has 2 rings (SSSR count). The number of rotatable bonds is 4. The molecule has 1 heterocycles. The molecular formula is C13H14ClN3O2S. The second-order valence-electron chi connectivity index (χ2n) is 4.16. The van der Waals surface area contributed by atoms with Crippen molar-refractivity contribution in [3.05, 3.63) is 33.3 Å². The fourth-order valence-corrected chi connectivity index (χ4v) is 2.52. The first-order chi connectivity index (χ1) is 9.56. The van der Waals surface area contributed by atoms with Crippen molar-refractivity contribution in [3.8, 4) is 5.75 Å². The predicted octanol–water partition coefficient (Wildman–Crippen LogP) is 3.32. The molecule has 1 aromatic heterocycles. The number of carbonyl (C=O) groups is 1. The van der Waals surface area contributed by atoms with Crippen LogP contribution in [0.25, 0.3) is 0 Å². The Balaban J connectivity index is 2.30. The van der Waals surface area contributed by atoms with Crippen molar-refractivity contribution in [1.82, 2.24) is 9.59 Å². The van der Waals surface area contributed by atoms with Crippen LogP contribution in [0, 0.1) is 6.92 Å². The summed E-state index contributed by atoms with van der Waals surface area (Å²) in [5.74, 6) is 0.279. The van der Waals surface area contributed by atoms with Crippen molar-refractivity contribution in [2.45, 2.75) is 20.3 Å². The Bertz CT molecular complexity index is 643. The first kappa shape index (κ1) is 14.7. The third kappa shape index (κ3) is 2.91. The smallest absolute Gasteiger partial charge is 0.269 e. The number of halogens is 1. The summed E-state index contributed by atoms with van der Waals surface area (Å²) in [7, 11) is 1.53. The molecule has 0 bridgehead atoms. The predicted molar refractivity (Wildman–Crippen MR) is 80.0 cm³/mol. The van der Waals surface area contributed by atoms with Crippen LogP contribution >= 0.6 is 23.1 Å². The second kappa shape index (κ2) is 6.19. The van der Waals surface area contributed by atoms with Crippen molar-refractivity contribution in [2.24, 2.45) is 0 Å². The first-order valence-electron chi connectivity index (χ1n) is 6.03. The monoisotopic (exact) mass is 311 g/mol. The average molecular weight is 312 g/mol. The third-order valence-corrected chi connectivity index (χ3v) is 4.00. The van der Waals surface area contributed by atoms with Gasteiger partial charge in [-0.1, -0.05) is 23.0 Å². The number of anilines is 1. The lowest BCUT2D eigenvalue weighted by atomic mass is 10.2. The maximum atomic E-state index is 12.3. The standard InChI is InChI=1S/C13H14ClN3O2S/c1-4-9-12(20-17-16-9)13(18)15-10-5-7(2)8(14)6-11(10)19-3/h5-6H,4H2,1-3H3,(H,15,18). The molecule has 7 heteroatoms. The number of carbonyl (C=O) groups excluding carboxylic acids is 1. The number of benzene rings is 1. The van der Waals surface area contributed by atoms with Crippen LogP contribution in [-0.2, 0) is 6.42 Å². The van der Waals surface area contributed by atoms with Crippen LogP contribution in [0.4, 0.5) is 5.69 Å². The van der Waals surface area contributed by atoms with E-state index in [1.54, 1.807) is 12.1 Å². The fourth-order valence-electron chi connectivity index (χ4n) is 1.72. The van der Waals surface area contributed by atoms with Crippen LogP contribution in [0.5, 0.6) is 5.75 Å². The number of methoxy groups -OCH3 is 1. The zero-order chi connectivity index (χ0) is 14.7. The quantitative estimate of drug-likeness (QED) is 0.940. The minimum absolute atomic E-state index is 0.239. The van der Waals surface area contributed by atoms with Gasteiger partial charge in [0.2, 0.25) is 0 Å². The van der Waals surface area contributed by atoms with Crippen LogP contribution in [0.2, 0.25) is 5.02 Å². The van der Waals surface area contributed by atoms with Gasteiger partial charge in [-0.3, -0.25) is 4.79 Å². The molecule has 0 unspecified atom stereocenters. The van der Waals surface area contributed by atoms with Gasteiger partial charge in [-0.05, 0) is 36.5 Å². The van der Waals surface area contributed by atoms with Gasteiger partial charge in [0.1, 0.15) is 10.6 Å². The molecule has 106 valence electrons. The van der Waals surface area contributed by atoms with Crippen molar-refractivity contribution in [3.63, 3.8) is 0 Å². The normalized spacial score (nSPS) is 10.4. The number of aromatic nitrogens is 2. The largest absolute Gasteiger partial charge is 0.495 e. The Morgan fingerprint density at radius 3 is 2.90 bits per heavy atom. The molecule has 2 aromatic rings. The van der Waals surface area contributed by atoms with E-state index in [-0.39, 0.29) is 5.91 Å². The first-order valence-corrected chi connectivity index (χ1v) is 7.18. The summed E-state index contributed by atoms with van der Waals surface area (Å²) in [6, 6.07) is 3.46. The minimum Gasteiger partial charge on any atom is -0.495 e. The van der Waals surface area contributed by atoms with Gasteiger partial charge < -0.3 is 10.1 Å². The van der Waals surface area contributed by atoms with Crippen molar-refractivity contribution in [2.75, 3.05) is 12.4 Å². The Labute approximate surface area is 126 Å². The van der Waals surface area contributed by atoms with Crippen molar-refractivity contribution >= 4 is 34.7 Å². The lowest BCUT2D eigenvalue weighted by Crippen LogP contribution is -2.13. The SMILES string of the molecule is CCc1nnsc1C(=O)Nc1cc(C)c(Cl)cc1OC. The lowest BCUT2D eigenvalue weighted by molar-refractivity contribution is 0.102. The molecule has 0 spiro atoms. The van der Waals surface area contributed by atoms with Gasteiger partial charge in [0, 0.05) is 11.1 Å². The Kier molecular flexibility index (Phi) is 4.57. The Morgan fingerprint density at radius 1 is 1.50 bits per heavy atom. The lowest BCUT2D eigenvalue weighted by Gasteiger charge is -2.11. The van der Waals surface area contributed by atoms with Gasteiger partial charge in [-0.2, -0.15) is 0 Å². The summed E-state index contributed by atoms with van der Waals surface area (Å²) >= 11 is 7.12. The molecule has 0 radical (unpaired) electrons. The molecule has 0 aliphatic rings. The molecule has 1 N–H and O–H groups in total. The molecule has 5 nitrogen and oxygen atoms in total. The number of nitrogens with one attached hydrogen (secondary N) is 1. The van der Waals surface area contributed by atoms with Gasteiger partial charge in [0.15, 0.2) is 0 Å². The number of hydrogen-bond acceptors (Lipinski definition) is 5. The van der Waals surface area contributed by atoms with E-state index in [0.29, 0.717) is 33.5 Å². The molecule has 1 amide bonds. The van der Waals surface area contributed by atoms with Crippen LogP contribution < -0.4 is 10.1 Å². The molecule has 0 saturated carbocycles. The molecular weight excluding hydrogens is 298 g/mol. The van der Waals surface area contributed by atoms with Gasteiger partial charge in [0.05, 0.1) is 18.5 Å². The van der Waals surface area contributed by atoms with E-state index in [0.717, 1.165) is 17.1 Å². The van der Waals surface area contributed by atoms with E-state index in [4.69, 9.17) is 16.3 Å². The maximum Gasteiger partial charge on any atom is 0.269 e. The maximum absolute atomic E-state index is 12.3. The van der Waals surface area contributed by atoms with E-state index in [9.17, 15) is 4.79 Å². The molecule has 0 aliphatic carbocycles. The number of aryl methyl sites for hydroxylation is 2. The zero-order valence-corrected chi connectivity index (χ0v) is 12.9. The van der Waals surface area contributed by atoms with E-state index in [1.807, 2.05) is 13.8 Å². The molecule has 0 atom stereocenters. The topological polar surface area (TPSA) is 64.1 Å². The highest BCUT2D eigenvalue weighted by Gasteiger charge is 2.17. The highest BCUT2D eigenvalue weighted by Crippen LogP contribution is 2.31. The van der Waals surface area contributed by atoms with Crippen molar-refractivity contribution < 1.29 is 9.53 Å². The molecule has 1 aromatic carbocycles. The van der Waals surface area contributed by atoms with Gasteiger partial charge in [-0.25, -0.2) is 0 Å². The number of ether oxygens (including phenoxy) is 1. The average Bonchev–Trinajstić information content (AvgIpc) is 2.91. The Hall–Kier alpha value is -1.66. The molecule has 0 aliphatic heterocycles. The van der Waals surface area contributed by atoms with Gasteiger partial charge >= 0.3 is 0 Å². The van der Waals surface area contributed by atoms with Crippen molar-refractivity contribution in [1.29, 1.82) is 0 Å². The van der Waals surface area contributed by atoms with E-state index < -0.39 is 0 Å². The van der Waals surface area contributed by atoms with Gasteiger partial charge in [-0.15, -0.1) is 5.10 Å². The van der Waals surface area contributed by atoms with E-state index >= 15 is 0 Å². The van der Waals surface area contributed by atoms with Crippen LogP contribution in [0.3, 0.4) is 0 Å². The summed E-state index contributed by atoms with van der Waals surface area (Å²) < 4.78 is 9.04. The number of hydrogen-bond donors (Lipinski definition) is 1. The molecule has 0 fully saturated rings. The Morgan fingerprint density at radius 2 is 2.25 bits per heavy atom. The second-order valence-corrected chi connectivity index (χ2v) is 5.32. The van der Waals surface area contributed by atoms with E-state index in [2.05, 4.69) is 14.9 Å². The molecule has 0 saturated heterocycles. The third-order valence-electron chi connectivity index (χ3n) is 2.83. The number of amides is 1. The summed E-state index contributed by atoms with van der Waals surface area (Å²) in [6.45, 7) is 3.80. The van der Waals surface area contributed by atoms with Crippen LogP contribution in [-0.4, -0.2) is 22.6 Å². The fraction of sp³-hybridized carbons (Fsp3) is 0.308. The minimum atomic E-state index is -0.239. The van der Waals surface area contributed by atoms with Gasteiger partial charge in [0.25, 0.3) is 5.91 Å². The highest BCUT2D eigenvalue weighted by atomic mass is 35.5.